The molecule has 0 amide bonds. The van der Waals surface area contributed by atoms with Gasteiger partial charge in [0.1, 0.15) is 0 Å². The molecule has 2 saturated heterocycles. The summed E-state index contributed by atoms with van der Waals surface area (Å²) in [6.07, 6.45) is 1.35. The first-order valence-electron chi connectivity index (χ1n) is 3.34. The van der Waals surface area contributed by atoms with Crippen LogP contribution in [0, 0.1) is 5.92 Å². The van der Waals surface area contributed by atoms with Crippen molar-refractivity contribution in [1.82, 2.24) is 4.90 Å². The summed E-state index contributed by atoms with van der Waals surface area (Å²) in [7, 11) is 0. The summed E-state index contributed by atoms with van der Waals surface area (Å²) < 4.78 is 0. The summed E-state index contributed by atoms with van der Waals surface area (Å²) in [5.41, 5.74) is 5.78. The average Bonchev–Trinajstić information content (AvgIpc) is 2.23. The molecule has 2 N–H and O–H groups in total. The van der Waals surface area contributed by atoms with E-state index in [1.54, 1.807) is 0 Å². The van der Waals surface area contributed by atoms with Gasteiger partial charge in [0.05, 0.1) is 0 Å². The van der Waals surface area contributed by atoms with Crippen LogP contribution in [0.1, 0.15) is 6.42 Å². The topological polar surface area (TPSA) is 29.3 Å². The van der Waals surface area contributed by atoms with Crippen molar-refractivity contribution in [3.05, 3.63) is 0 Å². The molecular formula is C6H13ClN2. The third kappa shape index (κ3) is 1.07. The lowest BCUT2D eigenvalue weighted by Gasteiger charge is -2.16. The van der Waals surface area contributed by atoms with Crippen molar-refractivity contribution in [1.29, 1.82) is 0 Å². The minimum Gasteiger partial charge on any atom is -0.326 e. The van der Waals surface area contributed by atoms with Gasteiger partial charge in [-0.1, -0.05) is 0 Å². The van der Waals surface area contributed by atoms with Gasteiger partial charge in [-0.3, -0.25) is 0 Å². The maximum absolute atomic E-state index is 5.78. The Balaban J connectivity index is 0.000000405. The van der Waals surface area contributed by atoms with Gasteiger partial charge < -0.3 is 10.6 Å². The Morgan fingerprint density at radius 2 is 2.11 bits per heavy atom. The van der Waals surface area contributed by atoms with Crippen LogP contribution in [-0.4, -0.2) is 30.6 Å². The maximum Gasteiger partial charge on any atom is 0.0209 e. The molecule has 2 rings (SSSR count). The summed E-state index contributed by atoms with van der Waals surface area (Å²) in [5.74, 6) is 0.843. The predicted octanol–water partition coefficient (Wildman–Crippen LogP) is 0.0710. The van der Waals surface area contributed by atoms with Gasteiger partial charge in [-0.05, 0) is 18.9 Å². The highest BCUT2D eigenvalue weighted by molar-refractivity contribution is 5.85. The SMILES string of the molecule is Cl.N[C@@H]1CN2CC[C@H]1C2. The Hall–Kier alpha value is 0.210. The molecule has 0 aliphatic carbocycles. The van der Waals surface area contributed by atoms with Crippen LogP contribution in [0.4, 0.5) is 0 Å². The maximum atomic E-state index is 5.78. The number of piperidine rings is 1. The van der Waals surface area contributed by atoms with Crippen LogP contribution in [0.2, 0.25) is 0 Å². The van der Waals surface area contributed by atoms with Gasteiger partial charge in [0.25, 0.3) is 0 Å². The van der Waals surface area contributed by atoms with E-state index in [9.17, 15) is 0 Å². The van der Waals surface area contributed by atoms with Crippen molar-refractivity contribution in [3.8, 4) is 0 Å². The quantitative estimate of drug-likeness (QED) is 0.527. The van der Waals surface area contributed by atoms with Crippen molar-refractivity contribution >= 4 is 12.4 Å². The van der Waals surface area contributed by atoms with E-state index < -0.39 is 0 Å². The first-order valence-corrected chi connectivity index (χ1v) is 3.34. The summed E-state index contributed by atoms with van der Waals surface area (Å²) in [6.45, 7) is 3.74. The normalized spacial score (nSPS) is 47.0. The van der Waals surface area contributed by atoms with Crippen molar-refractivity contribution in [3.63, 3.8) is 0 Å². The highest BCUT2D eigenvalue weighted by atomic mass is 35.5. The third-order valence-corrected chi connectivity index (χ3v) is 2.38. The lowest BCUT2D eigenvalue weighted by atomic mass is 10.0. The van der Waals surface area contributed by atoms with Crippen LogP contribution in [0.15, 0.2) is 0 Å². The standard InChI is InChI=1S/C6H12N2.ClH/c7-6-4-8-2-1-5(6)3-8;/h5-6H,1-4,7H2;1H/t5-,6+;/m0./s1. The summed E-state index contributed by atoms with van der Waals surface area (Å²) in [4.78, 5) is 2.45. The minimum absolute atomic E-state index is 0. The van der Waals surface area contributed by atoms with E-state index in [1.807, 2.05) is 0 Å². The molecule has 3 heteroatoms. The molecule has 0 saturated carbocycles. The lowest BCUT2D eigenvalue weighted by Crippen LogP contribution is -2.34. The summed E-state index contributed by atoms with van der Waals surface area (Å²) in [6, 6.07) is 0.503. The van der Waals surface area contributed by atoms with Crippen molar-refractivity contribution in [2.24, 2.45) is 11.7 Å². The zero-order chi connectivity index (χ0) is 5.56. The zero-order valence-electron chi connectivity index (χ0n) is 5.42. The van der Waals surface area contributed by atoms with Crippen molar-refractivity contribution in [2.45, 2.75) is 12.5 Å². The Bertz CT molecular complexity index is 105. The molecule has 2 bridgehead atoms. The molecule has 0 spiro atoms. The molecule has 0 aromatic heterocycles. The number of nitrogens with two attached hydrogens (primary N) is 1. The number of rotatable bonds is 0. The van der Waals surface area contributed by atoms with Crippen LogP contribution in [0.3, 0.4) is 0 Å². The smallest absolute Gasteiger partial charge is 0.0209 e. The predicted molar refractivity (Wildman–Crippen MR) is 39.8 cm³/mol. The van der Waals surface area contributed by atoms with E-state index in [4.69, 9.17) is 5.73 Å². The molecule has 2 nitrogen and oxygen atoms in total. The van der Waals surface area contributed by atoms with Crippen LogP contribution >= 0.6 is 12.4 Å². The Morgan fingerprint density at radius 1 is 1.33 bits per heavy atom. The largest absolute Gasteiger partial charge is 0.326 e. The Labute approximate surface area is 61.8 Å². The molecule has 2 heterocycles. The van der Waals surface area contributed by atoms with E-state index in [-0.39, 0.29) is 12.4 Å². The fraction of sp³-hybridized carbons (Fsp3) is 1.00. The van der Waals surface area contributed by atoms with Crippen molar-refractivity contribution in [2.75, 3.05) is 19.6 Å². The number of hydrogen-bond acceptors (Lipinski definition) is 2. The second-order valence-corrected chi connectivity index (χ2v) is 2.97. The Morgan fingerprint density at radius 3 is 2.33 bits per heavy atom. The molecule has 3 atom stereocenters. The third-order valence-electron chi connectivity index (χ3n) is 2.38. The molecular weight excluding hydrogens is 136 g/mol. The number of fused-ring (bicyclic) bond motifs is 2. The van der Waals surface area contributed by atoms with Gasteiger partial charge in [0.2, 0.25) is 0 Å². The summed E-state index contributed by atoms with van der Waals surface area (Å²) >= 11 is 0. The van der Waals surface area contributed by atoms with Gasteiger partial charge >= 0.3 is 0 Å². The van der Waals surface area contributed by atoms with Gasteiger partial charge in [-0.2, -0.15) is 0 Å². The zero-order valence-corrected chi connectivity index (χ0v) is 6.23. The van der Waals surface area contributed by atoms with Gasteiger partial charge in [-0.15, -0.1) is 12.4 Å². The number of nitrogens with zero attached hydrogens (tertiary/aromatic N) is 1. The van der Waals surface area contributed by atoms with Crippen LogP contribution in [0.5, 0.6) is 0 Å². The molecule has 0 radical (unpaired) electrons. The van der Waals surface area contributed by atoms with E-state index in [0.29, 0.717) is 6.04 Å². The second-order valence-electron chi connectivity index (χ2n) is 2.97. The van der Waals surface area contributed by atoms with E-state index in [1.165, 1.54) is 19.5 Å². The van der Waals surface area contributed by atoms with Crippen LogP contribution < -0.4 is 5.73 Å². The first-order chi connectivity index (χ1) is 3.86. The fourth-order valence-corrected chi connectivity index (χ4v) is 1.83. The highest BCUT2D eigenvalue weighted by Gasteiger charge is 2.35. The lowest BCUT2D eigenvalue weighted by molar-refractivity contribution is 0.346. The fourth-order valence-electron chi connectivity index (χ4n) is 1.83. The monoisotopic (exact) mass is 148 g/mol. The van der Waals surface area contributed by atoms with E-state index in [0.717, 1.165) is 12.5 Å². The number of halogens is 1. The average molecular weight is 149 g/mol. The van der Waals surface area contributed by atoms with Crippen LogP contribution in [-0.2, 0) is 0 Å². The number of hydrogen-bond donors (Lipinski definition) is 1. The Kier molecular flexibility index (Phi) is 1.99. The van der Waals surface area contributed by atoms with E-state index in [2.05, 4.69) is 4.90 Å². The molecule has 2 aliphatic rings. The van der Waals surface area contributed by atoms with Crippen LogP contribution in [0.25, 0.3) is 0 Å². The molecule has 9 heavy (non-hydrogen) atoms. The second kappa shape index (κ2) is 2.45. The van der Waals surface area contributed by atoms with Gasteiger partial charge in [0.15, 0.2) is 0 Å². The molecule has 0 aromatic carbocycles. The first kappa shape index (κ1) is 7.32. The molecule has 2 aliphatic heterocycles. The summed E-state index contributed by atoms with van der Waals surface area (Å²) in [5, 5.41) is 0. The van der Waals surface area contributed by atoms with Gasteiger partial charge in [-0.25, -0.2) is 0 Å². The van der Waals surface area contributed by atoms with Gasteiger partial charge in [0, 0.05) is 19.1 Å². The molecule has 0 aromatic rings. The van der Waals surface area contributed by atoms with E-state index >= 15 is 0 Å². The molecule has 1 unspecified atom stereocenters. The van der Waals surface area contributed by atoms with Crippen molar-refractivity contribution < 1.29 is 0 Å². The molecule has 54 valence electrons. The minimum atomic E-state index is 0. The highest BCUT2D eigenvalue weighted by Crippen LogP contribution is 2.25. The molecule has 2 fully saturated rings.